The van der Waals surface area contributed by atoms with Gasteiger partial charge in [0.05, 0.1) is 59.3 Å². The van der Waals surface area contributed by atoms with Crippen LogP contribution in [0.15, 0.2) is 87.8 Å². The molecule has 7 aromatic rings. The van der Waals surface area contributed by atoms with Crippen molar-refractivity contribution in [2.24, 2.45) is 9.98 Å². The van der Waals surface area contributed by atoms with Crippen molar-refractivity contribution in [3.05, 3.63) is 127 Å². The van der Waals surface area contributed by atoms with Gasteiger partial charge in [0.1, 0.15) is 17.5 Å². The molecule has 0 bridgehead atoms. The fourth-order valence-corrected chi connectivity index (χ4v) is 12.9. The maximum atomic E-state index is 13.6. The van der Waals surface area contributed by atoms with Crippen LogP contribution in [0.5, 0.6) is 0 Å². The molecule has 0 unspecified atom stereocenters. The van der Waals surface area contributed by atoms with Crippen molar-refractivity contribution < 1.29 is 54.6 Å². The van der Waals surface area contributed by atoms with Crippen LogP contribution >= 0.6 is 0 Å². The van der Waals surface area contributed by atoms with Gasteiger partial charge in [-0.1, -0.05) is 23.4 Å². The maximum Gasteiger partial charge on any atom is 0.442 e. The number of hydroxylamine groups is 2. The van der Waals surface area contributed by atoms with Crippen LogP contribution in [-0.2, 0) is 49.5 Å². The molecule has 4 aromatic heterocycles. The molecule has 27 nitrogen and oxygen atoms in total. The Labute approximate surface area is 428 Å². The summed E-state index contributed by atoms with van der Waals surface area (Å²) in [6.45, 7) is 0. The molecule has 13 rings (SSSR count). The summed E-state index contributed by atoms with van der Waals surface area (Å²) in [4.78, 5) is 20.9. The second-order valence-electron chi connectivity index (χ2n) is 18.5. The highest BCUT2D eigenvalue weighted by Gasteiger charge is 2.38. The average molecular weight is 1110 g/mol. The number of nitrogens with zero attached hydrogens (tertiary/aromatic N) is 10. The molecule has 3 aromatic carbocycles. The summed E-state index contributed by atoms with van der Waals surface area (Å²) in [6.07, 6.45) is 1.80. The zero-order valence-corrected chi connectivity index (χ0v) is 41.5. The van der Waals surface area contributed by atoms with E-state index in [2.05, 4.69) is 62.0 Å². The number of hydrogen-bond acceptors (Lipinski definition) is 24. The topological polar surface area (TPSA) is 389 Å². The van der Waals surface area contributed by atoms with Gasteiger partial charge in [0.15, 0.2) is 28.8 Å². The van der Waals surface area contributed by atoms with Crippen LogP contribution < -0.4 is 32.7 Å². The van der Waals surface area contributed by atoms with E-state index >= 15 is 0 Å². The highest BCUT2D eigenvalue weighted by molar-refractivity contribution is 7.94. The molecule has 3 fully saturated rings. The van der Waals surface area contributed by atoms with Crippen LogP contribution in [0, 0.1) is 27.0 Å². The highest BCUT2D eigenvalue weighted by atomic mass is 32.2. The Morgan fingerprint density at radius 1 is 0.632 bits per heavy atom. The monoisotopic (exact) mass is 1110 g/mol. The SMILES string of the molecule is N=S1(=O)CC(Nc2nonc2C(=N[C@H]2Cc3ccc(F)cc32)NO)C1.N=S1(=O)CC(Nc2nonc2C(=N[C@H]2Cc3ccc(F)cc32)NO)C1.O=c1onc(-c2nonc2NC2CS(=O)C2)n1[C@H]1Cc2ccc(F)cc21. The molecule has 33 heteroatoms. The van der Waals surface area contributed by atoms with Crippen molar-refractivity contribution in [1.82, 2.24) is 51.6 Å². The molecule has 3 atom stereocenters. The molecule has 76 heavy (non-hydrogen) atoms. The summed E-state index contributed by atoms with van der Waals surface area (Å²) in [7, 11) is -5.82. The van der Waals surface area contributed by atoms with Crippen molar-refractivity contribution in [2.75, 3.05) is 50.5 Å². The summed E-state index contributed by atoms with van der Waals surface area (Å²) >= 11 is 0. The number of aliphatic imine (C=N–C) groups is 2. The van der Waals surface area contributed by atoms with Crippen molar-refractivity contribution in [2.45, 2.75) is 55.5 Å². The minimum atomic E-state index is -2.50. The molecule has 6 aliphatic rings. The third-order valence-corrected chi connectivity index (χ3v) is 18.5. The Morgan fingerprint density at radius 2 is 1.08 bits per heavy atom. The first-order chi connectivity index (χ1) is 36.5. The Balaban J connectivity index is 0.000000122. The lowest BCUT2D eigenvalue weighted by Crippen LogP contribution is -2.46. The Kier molecular flexibility index (Phi) is 13.2. The minimum absolute atomic E-state index is 0.00733. The van der Waals surface area contributed by atoms with Crippen molar-refractivity contribution >= 4 is 59.4 Å². The Morgan fingerprint density at radius 3 is 1.55 bits per heavy atom. The molecular weight excluding hydrogens is 1070 g/mol. The van der Waals surface area contributed by atoms with Crippen LogP contribution in [0.25, 0.3) is 11.5 Å². The van der Waals surface area contributed by atoms with E-state index in [4.69, 9.17) is 28.0 Å². The predicted molar refractivity (Wildman–Crippen MR) is 261 cm³/mol. The molecule has 0 amide bonds. The highest BCUT2D eigenvalue weighted by Crippen LogP contribution is 2.40. The van der Waals surface area contributed by atoms with Gasteiger partial charge in [0.25, 0.3) is 0 Å². The number of halogens is 3. The van der Waals surface area contributed by atoms with E-state index in [-0.39, 0.29) is 117 Å². The lowest BCUT2D eigenvalue weighted by atomic mass is 9.83. The number of hydrogen-bond donors (Lipinski definition) is 9. The fraction of sp³-hybridized carbons (Fsp3) is 0.349. The molecule has 3 saturated heterocycles. The maximum absolute atomic E-state index is 13.6. The first-order valence-electron chi connectivity index (χ1n) is 23.0. The van der Waals surface area contributed by atoms with Crippen LogP contribution in [0.1, 0.15) is 62.9 Å². The largest absolute Gasteiger partial charge is 0.442 e. The quantitative estimate of drug-likeness (QED) is 0.0482. The lowest BCUT2D eigenvalue weighted by molar-refractivity contribution is 0.232. The second-order valence-corrected chi connectivity index (χ2v) is 24.6. The third-order valence-electron chi connectivity index (χ3n) is 13.2. The molecule has 0 saturated carbocycles. The number of amidine groups is 2. The summed E-state index contributed by atoms with van der Waals surface area (Å²) in [6, 6.07) is 12.2. The summed E-state index contributed by atoms with van der Waals surface area (Å²) in [5.74, 6) is 1.15. The first-order valence-corrected chi connectivity index (χ1v) is 28.3. The zero-order valence-electron chi connectivity index (χ0n) is 39.0. The van der Waals surface area contributed by atoms with Crippen molar-refractivity contribution in [1.29, 1.82) is 9.56 Å². The molecular formula is C43H42F3N17O10S3. The molecule has 3 aliphatic carbocycles. The van der Waals surface area contributed by atoms with Gasteiger partial charge in [-0.15, -0.1) is 0 Å². The minimum Gasteiger partial charge on any atom is -0.361 e. The van der Waals surface area contributed by atoms with Gasteiger partial charge in [0, 0.05) is 41.8 Å². The number of rotatable bonds is 12. The molecule has 398 valence electrons. The van der Waals surface area contributed by atoms with E-state index in [1.807, 2.05) is 11.0 Å². The predicted octanol–water partition coefficient (Wildman–Crippen LogP) is 2.86. The van der Waals surface area contributed by atoms with Gasteiger partial charge >= 0.3 is 5.76 Å². The van der Waals surface area contributed by atoms with E-state index in [0.29, 0.717) is 42.1 Å². The van der Waals surface area contributed by atoms with E-state index < -0.39 is 42.1 Å². The second kappa shape index (κ2) is 20.0. The Bertz CT molecular complexity index is 3580. The number of anilines is 3. The number of nitrogens with one attached hydrogen (secondary N) is 7. The lowest BCUT2D eigenvalue weighted by Gasteiger charge is -2.30. The van der Waals surface area contributed by atoms with Gasteiger partial charge in [-0.05, 0) is 120 Å². The van der Waals surface area contributed by atoms with Crippen LogP contribution in [0.2, 0.25) is 0 Å². The number of fused-ring (bicyclic) bond motifs is 3. The molecule has 0 radical (unpaired) electrons. The average Bonchev–Trinajstić information content (AvgIpc) is 4.18. The van der Waals surface area contributed by atoms with Gasteiger partial charge in [-0.3, -0.25) is 49.7 Å². The number of benzene rings is 3. The third kappa shape index (κ3) is 10.2. The van der Waals surface area contributed by atoms with Crippen LogP contribution in [0.4, 0.5) is 30.6 Å². The smallest absolute Gasteiger partial charge is 0.361 e. The first kappa shape index (κ1) is 50.3. The summed E-state index contributed by atoms with van der Waals surface area (Å²) < 4.78 is 110. The van der Waals surface area contributed by atoms with Gasteiger partial charge in [-0.2, -0.15) is 0 Å². The number of aromatic nitrogens is 8. The van der Waals surface area contributed by atoms with Crippen LogP contribution in [-0.4, -0.2) is 128 Å². The molecule has 3 aliphatic heterocycles. The van der Waals surface area contributed by atoms with E-state index in [9.17, 15) is 41.0 Å². The molecule has 9 N–H and O–H groups in total. The zero-order chi connectivity index (χ0) is 53.0. The molecule has 0 spiro atoms. The van der Waals surface area contributed by atoms with Crippen molar-refractivity contribution in [3.63, 3.8) is 0 Å². The normalized spacial score (nSPS) is 26.5. The molecule has 7 heterocycles. The summed E-state index contributed by atoms with van der Waals surface area (Å²) in [5, 5.41) is 54.2. The van der Waals surface area contributed by atoms with Crippen LogP contribution in [0.3, 0.4) is 0 Å². The van der Waals surface area contributed by atoms with Gasteiger partial charge in [0.2, 0.25) is 23.3 Å². The van der Waals surface area contributed by atoms with Crippen molar-refractivity contribution in [3.8, 4) is 11.5 Å². The fourth-order valence-electron chi connectivity index (χ4n) is 9.23. The summed E-state index contributed by atoms with van der Waals surface area (Å²) in [5.41, 5.74) is 9.68. The van der Waals surface area contributed by atoms with E-state index in [1.165, 1.54) is 41.0 Å². The van der Waals surface area contributed by atoms with Gasteiger partial charge in [-0.25, -0.2) is 44.8 Å². The van der Waals surface area contributed by atoms with E-state index in [1.54, 1.807) is 18.2 Å². The Hall–Kier alpha value is -7.88. The van der Waals surface area contributed by atoms with Gasteiger partial charge < -0.3 is 16.0 Å². The standard InChI is InChI=1S/C15H12FN5O4S.2C14H15FN6O3S/c16-8-2-1-7-3-11(10(7)4-8)21-14(20-24-15(21)22)12-13(19-25-18-12)17-9-5-26(23)6-9;2*15-8-2-1-7-3-11(10(7)4-8)18-13(19-22)12-14(21-24-20-12)17-9-5-25(16,23)6-9/h1-2,4,9,11H,3,5-6H2,(H,17,19);2*1-2,4,9,11,16,22H,3,5-6H2,(H,17,21)(H,18,19)/t9?,11-,26?;2*9?,11-,25?/m000/s1. The van der Waals surface area contributed by atoms with E-state index in [0.717, 1.165) is 27.8 Å².